The highest BCUT2D eigenvalue weighted by molar-refractivity contribution is 6.35. The highest BCUT2D eigenvalue weighted by Gasteiger charge is 2.39. The molecule has 0 aromatic heterocycles. The quantitative estimate of drug-likeness (QED) is 0.635. The zero-order valence-corrected chi connectivity index (χ0v) is 13.2. The second kappa shape index (κ2) is 5.29. The molecule has 0 radical (unpaired) electrons. The van der Waals surface area contributed by atoms with E-state index in [0.717, 1.165) is 17.5 Å². The maximum atomic E-state index is 14.2. The molecule has 1 heterocycles. The van der Waals surface area contributed by atoms with Crippen LogP contribution in [-0.2, 0) is 0 Å². The Hall–Kier alpha value is -1.51. The van der Waals surface area contributed by atoms with Gasteiger partial charge < -0.3 is 5.32 Å². The molecule has 112 valence electrons. The third kappa shape index (κ3) is 2.13. The van der Waals surface area contributed by atoms with Crippen molar-refractivity contribution < 1.29 is 4.39 Å². The molecule has 22 heavy (non-hydrogen) atoms. The van der Waals surface area contributed by atoms with Crippen LogP contribution < -0.4 is 5.32 Å². The van der Waals surface area contributed by atoms with E-state index in [0.29, 0.717) is 21.7 Å². The number of nitrogens with one attached hydrogen (secondary N) is 1. The van der Waals surface area contributed by atoms with Crippen LogP contribution >= 0.6 is 23.2 Å². The first-order chi connectivity index (χ1) is 10.6. The topological polar surface area (TPSA) is 12.0 Å². The molecule has 1 aliphatic carbocycles. The summed E-state index contributed by atoms with van der Waals surface area (Å²) in [5.74, 6) is 0.350. The van der Waals surface area contributed by atoms with E-state index in [4.69, 9.17) is 23.2 Å². The van der Waals surface area contributed by atoms with E-state index in [1.165, 1.54) is 6.07 Å². The van der Waals surface area contributed by atoms with E-state index in [1.54, 1.807) is 12.1 Å². The molecule has 0 saturated carbocycles. The summed E-state index contributed by atoms with van der Waals surface area (Å²) in [6.07, 6.45) is 5.31. The van der Waals surface area contributed by atoms with E-state index in [2.05, 4.69) is 17.5 Å². The molecule has 0 saturated heterocycles. The molecular formula is C18H14Cl2FN. The predicted octanol–water partition coefficient (Wildman–Crippen LogP) is 5.96. The summed E-state index contributed by atoms with van der Waals surface area (Å²) in [4.78, 5) is 0. The van der Waals surface area contributed by atoms with Gasteiger partial charge in [0.25, 0.3) is 0 Å². The van der Waals surface area contributed by atoms with E-state index in [-0.39, 0.29) is 17.8 Å². The third-order valence-corrected chi connectivity index (χ3v) is 5.21. The number of halogens is 3. The maximum absolute atomic E-state index is 14.2. The summed E-state index contributed by atoms with van der Waals surface area (Å²) in [5.41, 5.74) is 2.59. The molecule has 1 aliphatic heterocycles. The zero-order valence-electron chi connectivity index (χ0n) is 11.7. The van der Waals surface area contributed by atoms with E-state index >= 15 is 0 Å². The van der Waals surface area contributed by atoms with Gasteiger partial charge in [-0.1, -0.05) is 53.6 Å². The van der Waals surface area contributed by atoms with Crippen molar-refractivity contribution in [3.05, 3.63) is 75.5 Å². The molecule has 0 bridgehead atoms. The Labute approximate surface area is 138 Å². The van der Waals surface area contributed by atoms with Gasteiger partial charge in [0.05, 0.1) is 11.7 Å². The van der Waals surface area contributed by atoms with Gasteiger partial charge >= 0.3 is 0 Å². The van der Waals surface area contributed by atoms with Crippen LogP contribution in [0.25, 0.3) is 0 Å². The highest BCUT2D eigenvalue weighted by Crippen LogP contribution is 2.51. The molecule has 1 N–H and O–H groups in total. The number of hydrogen-bond acceptors (Lipinski definition) is 1. The van der Waals surface area contributed by atoms with E-state index in [1.807, 2.05) is 18.2 Å². The van der Waals surface area contributed by atoms with Gasteiger partial charge in [0, 0.05) is 16.0 Å². The summed E-state index contributed by atoms with van der Waals surface area (Å²) in [7, 11) is 0. The predicted molar refractivity (Wildman–Crippen MR) is 89.2 cm³/mol. The first kappa shape index (κ1) is 14.1. The Kier molecular flexibility index (Phi) is 3.39. The monoisotopic (exact) mass is 333 g/mol. The molecule has 2 aromatic carbocycles. The molecule has 0 unspecified atom stereocenters. The van der Waals surface area contributed by atoms with Gasteiger partial charge in [-0.3, -0.25) is 0 Å². The molecule has 1 nitrogen and oxygen atoms in total. The van der Waals surface area contributed by atoms with Gasteiger partial charge in [-0.25, -0.2) is 4.39 Å². The molecule has 0 spiro atoms. The Bertz CT molecular complexity index is 772. The second-order valence-corrected chi connectivity index (χ2v) is 6.69. The Morgan fingerprint density at radius 1 is 1.09 bits per heavy atom. The SMILES string of the molecule is Fc1cccc2c1N[C@H](c1ccc(Cl)cc1Cl)[C@@H]1CC=C[C@H]21. The molecule has 2 aromatic rings. The van der Waals surface area contributed by atoms with Gasteiger partial charge in [-0.05, 0) is 41.7 Å². The fourth-order valence-corrected chi connectivity index (χ4v) is 4.17. The number of allylic oxidation sites excluding steroid dienone is 2. The smallest absolute Gasteiger partial charge is 0.146 e. The lowest BCUT2D eigenvalue weighted by molar-refractivity contribution is 0.421. The molecule has 4 rings (SSSR count). The highest BCUT2D eigenvalue weighted by atomic mass is 35.5. The summed E-state index contributed by atoms with van der Waals surface area (Å²) < 4.78 is 14.2. The number of para-hydroxylation sites is 1. The number of fused-ring (bicyclic) bond motifs is 3. The van der Waals surface area contributed by atoms with E-state index in [9.17, 15) is 4.39 Å². The average Bonchev–Trinajstić information content (AvgIpc) is 2.97. The van der Waals surface area contributed by atoms with Gasteiger partial charge in [0.15, 0.2) is 0 Å². The maximum Gasteiger partial charge on any atom is 0.146 e. The lowest BCUT2D eigenvalue weighted by Crippen LogP contribution is -2.29. The summed E-state index contributed by atoms with van der Waals surface area (Å²) in [5, 5.41) is 4.60. The van der Waals surface area contributed by atoms with Crippen molar-refractivity contribution >= 4 is 28.9 Å². The molecule has 2 aliphatic rings. The van der Waals surface area contributed by atoms with Crippen LogP contribution in [0.3, 0.4) is 0 Å². The first-order valence-corrected chi connectivity index (χ1v) is 8.07. The minimum absolute atomic E-state index is 0.0193. The number of benzene rings is 2. The molecule has 3 atom stereocenters. The number of rotatable bonds is 1. The minimum atomic E-state index is -0.216. The number of anilines is 1. The fourth-order valence-electron chi connectivity index (χ4n) is 3.64. The van der Waals surface area contributed by atoms with Crippen LogP contribution in [0.1, 0.15) is 29.5 Å². The Balaban J connectivity index is 1.84. The molecule has 4 heteroatoms. The standard InChI is InChI=1S/C18H14Cl2FN/c19-10-7-8-14(15(20)9-10)17-12-4-1-3-11(12)13-5-2-6-16(21)18(13)22-17/h1-3,5-9,11-12,17,22H,4H2/t11-,12+,17-/m0/s1. The largest absolute Gasteiger partial charge is 0.375 e. The molecule has 0 fully saturated rings. The van der Waals surface area contributed by atoms with Crippen LogP contribution in [-0.4, -0.2) is 0 Å². The van der Waals surface area contributed by atoms with Crippen LogP contribution in [0, 0.1) is 11.7 Å². The van der Waals surface area contributed by atoms with Gasteiger partial charge in [0.1, 0.15) is 5.82 Å². The lowest BCUT2D eigenvalue weighted by Gasteiger charge is -2.38. The fraction of sp³-hybridized carbons (Fsp3) is 0.222. The van der Waals surface area contributed by atoms with Crippen molar-refractivity contribution in [1.82, 2.24) is 0 Å². The summed E-state index contributed by atoms with van der Waals surface area (Å²) >= 11 is 12.4. The van der Waals surface area contributed by atoms with Crippen molar-refractivity contribution in [2.45, 2.75) is 18.4 Å². The molecular weight excluding hydrogens is 320 g/mol. The average molecular weight is 334 g/mol. The Morgan fingerprint density at radius 2 is 1.95 bits per heavy atom. The lowest BCUT2D eigenvalue weighted by atomic mass is 9.77. The minimum Gasteiger partial charge on any atom is -0.375 e. The van der Waals surface area contributed by atoms with Crippen LogP contribution in [0.5, 0.6) is 0 Å². The van der Waals surface area contributed by atoms with Crippen molar-refractivity contribution in [3.8, 4) is 0 Å². The van der Waals surface area contributed by atoms with Crippen LogP contribution in [0.2, 0.25) is 10.0 Å². The van der Waals surface area contributed by atoms with Crippen LogP contribution in [0.4, 0.5) is 10.1 Å². The first-order valence-electron chi connectivity index (χ1n) is 7.31. The van der Waals surface area contributed by atoms with Crippen molar-refractivity contribution in [2.24, 2.45) is 5.92 Å². The Morgan fingerprint density at radius 3 is 2.77 bits per heavy atom. The van der Waals surface area contributed by atoms with Crippen molar-refractivity contribution in [3.63, 3.8) is 0 Å². The van der Waals surface area contributed by atoms with Crippen LogP contribution in [0.15, 0.2) is 48.6 Å². The van der Waals surface area contributed by atoms with E-state index < -0.39 is 0 Å². The second-order valence-electron chi connectivity index (χ2n) is 5.85. The van der Waals surface area contributed by atoms with Crippen molar-refractivity contribution in [2.75, 3.05) is 5.32 Å². The third-order valence-electron chi connectivity index (χ3n) is 4.64. The number of hydrogen-bond donors (Lipinski definition) is 1. The van der Waals surface area contributed by atoms with Gasteiger partial charge in [0.2, 0.25) is 0 Å². The van der Waals surface area contributed by atoms with Crippen molar-refractivity contribution in [1.29, 1.82) is 0 Å². The van der Waals surface area contributed by atoms with Gasteiger partial charge in [-0.2, -0.15) is 0 Å². The zero-order chi connectivity index (χ0) is 15.3. The van der Waals surface area contributed by atoms with Gasteiger partial charge in [-0.15, -0.1) is 0 Å². The summed E-state index contributed by atoms with van der Waals surface area (Å²) in [6, 6.07) is 10.8. The normalized spacial score (nSPS) is 25.5. The molecule has 0 amide bonds. The summed E-state index contributed by atoms with van der Waals surface area (Å²) in [6.45, 7) is 0.